The second-order valence-corrected chi connectivity index (χ2v) is 6.89. The third-order valence-corrected chi connectivity index (χ3v) is 5.15. The molecule has 1 aromatic carbocycles. The maximum Gasteiger partial charge on any atom is 0.242 e. The average molecular weight is 362 g/mol. The highest BCUT2D eigenvalue weighted by molar-refractivity contribution is 7.89. The van der Waals surface area contributed by atoms with E-state index in [9.17, 15) is 13.5 Å². The van der Waals surface area contributed by atoms with Gasteiger partial charge in [-0.15, -0.1) is 12.4 Å². The van der Waals surface area contributed by atoms with Crippen LogP contribution in [-0.2, 0) is 10.0 Å². The van der Waals surface area contributed by atoms with Crippen molar-refractivity contribution in [2.24, 2.45) is 0 Å². The fourth-order valence-electron chi connectivity index (χ4n) is 1.94. The second-order valence-electron chi connectivity index (χ2n) is 4.36. The summed E-state index contributed by atoms with van der Waals surface area (Å²) in [6.45, 7) is 1.01. The topological polar surface area (TPSA) is 78.4 Å². The summed E-state index contributed by atoms with van der Waals surface area (Å²) >= 11 is 11.6. The Hall–Kier alpha value is -0.0800. The summed E-state index contributed by atoms with van der Waals surface area (Å²) in [5, 5.41) is 13.2. The molecule has 1 saturated heterocycles. The van der Waals surface area contributed by atoms with Gasteiger partial charge in [0.25, 0.3) is 0 Å². The van der Waals surface area contributed by atoms with Crippen LogP contribution < -0.4 is 10.0 Å². The molecule has 3 N–H and O–H groups in total. The van der Waals surface area contributed by atoms with Gasteiger partial charge in [-0.2, -0.15) is 0 Å². The van der Waals surface area contributed by atoms with Crippen molar-refractivity contribution in [2.75, 3.05) is 13.1 Å². The number of benzene rings is 1. The average Bonchev–Trinajstić information content (AvgIpc) is 2.31. The van der Waals surface area contributed by atoms with E-state index in [1.165, 1.54) is 18.2 Å². The van der Waals surface area contributed by atoms with E-state index in [0.29, 0.717) is 24.5 Å². The van der Waals surface area contributed by atoms with Gasteiger partial charge in [0.2, 0.25) is 10.0 Å². The van der Waals surface area contributed by atoms with Crippen molar-refractivity contribution in [3.8, 4) is 0 Å². The Balaban J connectivity index is 0.00000200. The van der Waals surface area contributed by atoms with E-state index in [1.54, 1.807) is 0 Å². The number of aliphatic hydroxyl groups excluding tert-OH is 1. The molecule has 20 heavy (non-hydrogen) atoms. The highest BCUT2D eigenvalue weighted by atomic mass is 35.5. The summed E-state index contributed by atoms with van der Waals surface area (Å²) in [7, 11) is -3.77. The van der Waals surface area contributed by atoms with Gasteiger partial charge in [0, 0.05) is 11.6 Å². The first kappa shape index (κ1) is 18.0. The van der Waals surface area contributed by atoms with E-state index in [0.717, 1.165) is 0 Å². The Morgan fingerprint density at radius 3 is 2.65 bits per heavy atom. The van der Waals surface area contributed by atoms with Gasteiger partial charge in [0.05, 0.1) is 17.2 Å². The zero-order valence-electron chi connectivity index (χ0n) is 10.3. The van der Waals surface area contributed by atoms with Crippen LogP contribution >= 0.6 is 35.6 Å². The summed E-state index contributed by atoms with van der Waals surface area (Å²) in [5.74, 6) is 0. The molecule has 0 unspecified atom stereocenters. The zero-order chi connectivity index (χ0) is 14.0. The van der Waals surface area contributed by atoms with Crippen molar-refractivity contribution >= 4 is 45.6 Å². The van der Waals surface area contributed by atoms with Gasteiger partial charge in [-0.1, -0.05) is 23.2 Å². The molecule has 1 aromatic rings. The van der Waals surface area contributed by atoms with Crippen molar-refractivity contribution in [1.29, 1.82) is 0 Å². The zero-order valence-corrected chi connectivity index (χ0v) is 13.5. The van der Waals surface area contributed by atoms with Crippen LogP contribution in [0.3, 0.4) is 0 Å². The summed E-state index contributed by atoms with van der Waals surface area (Å²) in [5.41, 5.74) is 0. The summed E-state index contributed by atoms with van der Waals surface area (Å²) < 4.78 is 26.9. The number of rotatable bonds is 3. The van der Waals surface area contributed by atoms with Gasteiger partial charge in [0.1, 0.15) is 4.90 Å². The lowest BCUT2D eigenvalue weighted by atomic mass is 10.1. The number of halogens is 3. The second kappa shape index (κ2) is 7.26. The van der Waals surface area contributed by atoms with Gasteiger partial charge in [-0.05, 0) is 31.2 Å². The lowest BCUT2D eigenvalue weighted by molar-refractivity contribution is 0.113. The van der Waals surface area contributed by atoms with E-state index in [2.05, 4.69) is 10.0 Å². The molecule has 0 aromatic heterocycles. The molecule has 2 rings (SSSR count). The Kier molecular flexibility index (Phi) is 6.53. The van der Waals surface area contributed by atoms with E-state index < -0.39 is 22.2 Å². The van der Waals surface area contributed by atoms with Crippen LogP contribution in [0.25, 0.3) is 0 Å². The van der Waals surface area contributed by atoms with Gasteiger partial charge in [0.15, 0.2) is 0 Å². The third-order valence-electron chi connectivity index (χ3n) is 2.94. The van der Waals surface area contributed by atoms with Crippen LogP contribution in [0.5, 0.6) is 0 Å². The molecule has 1 aliphatic rings. The first-order valence-electron chi connectivity index (χ1n) is 5.76. The molecular formula is C11H15Cl3N2O3S. The normalized spacial score (nSPS) is 23.1. The van der Waals surface area contributed by atoms with Crippen molar-refractivity contribution in [1.82, 2.24) is 10.0 Å². The molecule has 2 atom stereocenters. The largest absolute Gasteiger partial charge is 0.390 e. The Morgan fingerprint density at radius 1 is 1.35 bits per heavy atom. The minimum absolute atomic E-state index is 0. The Labute approximate surface area is 134 Å². The number of aliphatic hydroxyl groups is 1. The number of β-amino-alcohol motifs (C(OH)–C–C–N with tert-alkyl or cyclic N) is 1. The smallest absolute Gasteiger partial charge is 0.242 e. The number of piperidine rings is 1. The van der Waals surface area contributed by atoms with E-state index in [-0.39, 0.29) is 22.3 Å². The molecule has 0 saturated carbocycles. The number of sulfonamides is 1. The molecule has 0 aliphatic carbocycles. The molecule has 0 bridgehead atoms. The highest BCUT2D eigenvalue weighted by Crippen LogP contribution is 2.25. The number of hydrogen-bond acceptors (Lipinski definition) is 4. The maximum atomic E-state index is 12.2. The first-order valence-corrected chi connectivity index (χ1v) is 8.00. The fraction of sp³-hybridized carbons (Fsp3) is 0.455. The molecule has 0 radical (unpaired) electrons. The minimum atomic E-state index is -3.77. The monoisotopic (exact) mass is 360 g/mol. The van der Waals surface area contributed by atoms with E-state index in [1.807, 2.05) is 0 Å². The van der Waals surface area contributed by atoms with E-state index in [4.69, 9.17) is 23.2 Å². The lowest BCUT2D eigenvalue weighted by Gasteiger charge is -2.28. The maximum absolute atomic E-state index is 12.2. The summed E-state index contributed by atoms with van der Waals surface area (Å²) in [4.78, 5) is -0.0377. The van der Waals surface area contributed by atoms with Crippen molar-refractivity contribution < 1.29 is 13.5 Å². The van der Waals surface area contributed by atoms with E-state index >= 15 is 0 Å². The molecule has 5 nitrogen and oxygen atoms in total. The van der Waals surface area contributed by atoms with Crippen molar-refractivity contribution in [3.63, 3.8) is 0 Å². The molecule has 0 spiro atoms. The summed E-state index contributed by atoms with van der Waals surface area (Å²) in [6, 6.07) is 3.66. The molecule has 0 amide bonds. The predicted octanol–water partition coefficient (Wildman–Crippen LogP) is 1.42. The summed E-state index contributed by atoms with van der Waals surface area (Å²) in [6.07, 6.45) is -0.236. The molecule has 1 aliphatic heterocycles. The van der Waals surface area contributed by atoms with Gasteiger partial charge < -0.3 is 10.4 Å². The molecule has 1 heterocycles. The van der Waals surface area contributed by atoms with Crippen LogP contribution in [0.1, 0.15) is 6.42 Å². The molecule has 9 heteroatoms. The molecule has 1 fully saturated rings. The van der Waals surface area contributed by atoms with Crippen molar-refractivity contribution in [2.45, 2.75) is 23.5 Å². The van der Waals surface area contributed by atoms with Crippen LogP contribution in [0.15, 0.2) is 23.1 Å². The quantitative estimate of drug-likeness (QED) is 0.761. The van der Waals surface area contributed by atoms with Gasteiger partial charge in [-0.3, -0.25) is 0 Å². The molecule has 114 valence electrons. The predicted molar refractivity (Wildman–Crippen MR) is 81.3 cm³/mol. The third kappa shape index (κ3) is 4.21. The van der Waals surface area contributed by atoms with Crippen LogP contribution in [0.2, 0.25) is 10.0 Å². The number of hydrogen-bond donors (Lipinski definition) is 3. The minimum Gasteiger partial charge on any atom is -0.390 e. The van der Waals surface area contributed by atoms with Gasteiger partial charge in [-0.25, -0.2) is 13.1 Å². The van der Waals surface area contributed by atoms with Crippen molar-refractivity contribution in [3.05, 3.63) is 28.2 Å². The Bertz CT molecular complexity index is 568. The first-order chi connectivity index (χ1) is 8.90. The molecular weight excluding hydrogens is 347 g/mol. The highest BCUT2D eigenvalue weighted by Gasteiger charge is 2.29. The Morgan fingerprint density at radius 2 is 2.05 bits per heavy atom. The fourth-order valence-corrected chi connectivity index (χ4v) is 4.01. The SMILES string of the molecule is Cl.O=S(=O)(N[C@@H]1CCNC[C@H]1O)c1ccc(Cl)cc1Cl. The van der Waals surface area contributed by atoms with Crippen LogP contribution in [-0.4, -0.2) is 38.8 Å². The van der Waals surface area contributed by atoms with Gasteiger partial charge >= 0.3 is 0 Å². The lowest BCUT2D eigenvalue weighted by Crippen LogP contribution is -2.52. The van der Waals surface area contributed by atoms with Crippen LogP contribution in [0.4, 0.5) is 0 Å². The van der Waals surface area contributed by atoms with Crippen LogP contribution in [0, 0.1) is 0 Å². The standard InChI is InChI=1S/C11H14Cl2N2O3S.ClH/c12-7-1-2-11(8(13)5-7)19(17,18)15-9-3-4-14-6-10(9)16;/h1-2,5,9-10,14-16H,3-4,6H2;1H/t9-,10-;/m1./s1. The number of nitrogens with one attached hydrogen (secondary N) is 2.